The van der Waals surface area contributed by atoms with Gasteiger partial charge >= 0.3 is 5.97 Å². The van der Waals surface area contributed by atoms with Gasteiger partial charge in [-0.25, -0.2) is 4.79 Å². The SMILES string of the molecule is O=C(O)C1CCC(CNCCC2CCCCC2)O1. The molecule has 2 aliphatic rings. The van der Waals surface area contributed by atoms with Gasteiger partial charge in [-0.15, -0.1) is 0 Å². The van der Waals surface area contributed by atoms with Crippen molar-refractivity contribution in [2.75, 3.05) is 13.1 Å². The number of hydrogen-bond donors (Lipinski definition) is 2. The number of aliphatic carboxylic acids is 1. The molecule has 0 bridgehead atoms. The highest BCUT2D eigenvalue weighted by Crippen LogP contribution is 2.25. The standard InChI is InChI=1S/C14H25NO3/c16-14(17)13-7-6-12(18-13)10-15-9-8-11-4-2-1-3-5-11/h11-13,15H,1-10H2,(H,16,17). The van der Waals surface area contributed by atoms with Gasteiger partial charge in [-0.1, -0.05) is 32.1 Å². The van der Waals surface area contributed by atoms with E-state index in [2.05, 4.69) is 5.32 Å². The molecule has 0 radical (unpaired) electrons. The van der Waals surface area contributed by atoms with Crippen LogP contribution in [0.2, 0.25) is 0 Å². The molecule has 2 fully saturated rings. The summed E-state index contributed by atoms with van der Waals surface area (Å²) >= 11 is 0. The summed E-state index contributed by atoms with van der Waals surface area (Å²) in [6.45, 7) is 1.85. The van der Waals surface area contributed by atoms with Crippen molar-refractivity contribution in [2.45, 2.75) is 63.6 Å². The van der Waals surface area contributed by atoms with Crippen LogP contribution >= 0.6 is 0 Å². The number of hydrogen-bond acceptors (Lipinski definition) is 3. The van der Waals surface area contributed by atoms with Crippen molar-refractivity contribution in [1.29, 1.82) is 0 Å². The third kappa shape index (κ3) is 4.25. The first kappa shape index (κ1) is 13.8. The molecular formula is C14H25NO3. The minimum atomic E-state index is -0.820. The Bertz CT molecular complexity index is 264. The first-order valence-electron chi connectivity index (χ1n) is 7.34. The molecule has 0 aromatic carbocycles. The first-order chi connectivity index (χ1) is 8.75. The molecule has 1 aliphatic heterocycles. The fourth-order valence-electron chi connectivity index (χ4n) is 3.08. The van der Waals surface area contributed by atoms with Crippen LogP contribution in [0.25, 0.3) is 0 Å². The monoisotopic (exact) mass is 255 g/mol. The van der Waals surface area contributed by atoms with Crippen LogP contribution in [0, 0.1) is 5.92 Å². The van der Waals surface area contributed by atoms with Gasteiger partial charge < -0.3 is 15.2 Å². The van der Waals surface area contributed by atoms with E-state index in [9.17, 15) is 4.79 Å². The highest BCUT2D eigenvalue weighted by atomic mass is 16.5. The van der Waals surface area contributed by atoms with Crippen LogP contribution in [-0.4, -0.2) is 36.4 Å². The normalized spacial score (nSPS) is 29.6. The number of rotatable bonds is 6. The number of carboxylic acid groups (broad SMARTS) is 1. The number of carboxylic acids is 1. The lowest BCUT2D eigenvalue weighted by molar-refractivity contribution is -0.149. The molecule has 0 amide bonds. The van der Waals surface area contributed by atoms with Crippen molar-refractivity contribution in [3.05, 3.63) is 0 Å². The zero-order chi connectivity index (χ0) is 12.8. The second kappa shape index (κ2) is 7.10. The van der Waals surface area contributed by atoms with Gasteiger partial charge in [0.05, 0.1) is 6.10 Å². The maximum Gasteiger partial charge on any atom is 0.332 e. The molecule has 4 heteroatoms. The molecule has 2 atom stereocenters. The molecule has 4 nitrogen and oxygen atoms in total. The van der Waals surface area contributed by atoms with E-state index in [1.807, 2.05) is 0 Å². The molecule has 18 heavy (non-hydrogen) atoms. The third-order valence-corrected chi connectivity index (χ3v) is 4.21. The Morgan fingerprint density at radius 1 is 1.17 bits per heavy atom. The van der Waals surface area contributed by atoms with E-state index < -0.39 is 12.1 Å². The van der Waals surface area contributed by atoms with Crippen molar-refractivity contribution in [3.63, 3.8) is 0 Å². The van der Waals surface area contributed by atoms with E-state index in [-0.39, 0.29) is 6.10 Å². The molecular weight excluding hydrogens is 230 g/mol. The van der Waals surface area contributed by atoms with Gasteiger partial charge in [0.2, 0.25) is 0 Å². The summed E-state index contributed by atoms with van der Waals surface area (Å²) in [5, 5.41) is 12.2. The Hall–Kier alpha value is -0.610. The van der Waals surface area contributed by atoms with Gasteiger partial charge in [-0.2, -0.15) is 0 Å². The predicted octanol–water partition coefficient (Wildman–Crippen LogP) is 2.18. The van der Waals surface area contributed by atoms with Crippen LogP contribution in [0.3, 0.4) is 0 Å². The van der Waals surface area contributed by atoms with Crippen LogP contribution in [0.4, 0.5) is 0 Å². The topological polar surface area (TPSA) is 58.6 Å². The average molecular weight is 255 g/mol. The van der Waals surface area contributed by atoms with E-state index in [0.29, 0.717) is 6.42 Å². The molecule has 1 heterocycles. The van der Waals surface area contributed by atoms with Gasteiger partial charge in [0.15, 0.2) is 6.10 Å². The van der Waals surface area contributed by atoms with E-state index in [1.165, 1.54) is 38.5 Å². The highest BCUT2D eigenvalue weighted by molar-refractivity contribution is 5.72. The van der Waals surface area contributed by atoms with Crippen molar-refractivity contribution in [1.82, 2.24) is 5.32 Å². The Morgan fingerprint density at radius 3 is 2.61 bits per heavy atom. The maximum atomic E-state index is 10.7. The van der Waals surface area contributed by atoms with E-state index in [1.54, 1.807) is 0 Å². The second-order valence-corrected chi connectivity index (χ2v) is 5.66. The summed E-state index contributed by atoms with van der Waals surface area (Å²) in [4.78, 5) is 10.7. The Kier molecular flexibility index (Phi) is 5.45. The fraction of sp³-hybridized carbons (Fsp3) is 0.929. The summed E-state index contributed by atoms with van der Waals surface area (Å²) in [5.74, 6) is 0.0854. The second-order valence-electron chi connectivity index (χ2n) is 5.66. The highest BCUT2D eigenvalue weighted by Gasteiger charge is 2.29. The van der Waals surface area contributed by atoms with Gasteiger partial charge in [-0.3, -0.25) is 0 Å². The molecule has 0 aromatic rings. The summed E-state index contributed by atoms with van der Waals surface area (Å²) in [7, 11) is 0. The van der Waals surface area contributed by atoms with E-state index >= 15 is 0 Å². The van der Waals surface area contributed by atoms with Gasteiger partial charge in [0.1, 0.15) is 0 Å². The van der Waals surface area contributed by atoms with Gasteiger partial charge in [0, 0.05) is 6.54 Å². The lowest BCUT2D eigenvalue weighted by Gasteiger charge is -2.21. The Morgan fingerprint density at radius 2 is 1.94 bits per heavy atom. The molecule has 0 spiro atoms. The predicted molar refractivity (Wildman–Crippen MR) is 69.6 cm³/mol. The Labute approximate surface area is 109 Å². The van der Waals surface area contributed by atoms with Crippen LogP contribution < -0.4 is 5.32 Å². The molecule has 1 aliphatic carbocycles. The fourth-order valence-corrected chi connectivity index (χ4v) is 3.08. The smallest absolute Gasteiger partial charge is 0.332 e. The van der Waals surface area contributed by atoms with Crippen LogP contribution in [0.15, 0.2) is 0 Å². The molecule has 2 rings (SSSR count). The quantitative estimate of drug-likeness (QED) is 0.714. The Balaban J connectivity index is 1.52. The number of carbonyl (C=O) groups is 1. The average Bonchev–Trinajstić information content (AvgIpc) is 2.85. The van der Waals surface area contributed by atoms with Gasteiger partial charge in [0.25, 0.3) is 0 Å². The summed E-state index contributed by atoms with van der Waals surface area (Å²) < 4.78 is 5.45. The van der Waals surface area contributed by atoms with Crippen molar-refractivity contribution in [2.24, 2.45) is 5.92 Å². The molecule has 2 unspecified atom stereocenters. The lowest BCUT2D eigenvalue weighted by atomic mass is 9.87. The zero-order valence-corrected chi connectivity index (χ0v) is 11.1. The summed E-state index contributed by atoms with van der Waals surface area (Å²) in [5.41, 5.74) is 0. The van der Waals surface area contributed by atoms with Crippen LogP contribution in [-0.2, 0) is 9.53 Å². The maximum absolute atomic E-state index is 10.7. The largest absolute Gasteiger partial charge is 0.479 e. The molecule has 0 aromatic heterocycles. The minimum absolute atomic E-state index is 0.0949. The first-order valence-corrected chi connectivity index (χ1v) is 7.34. The van der Waals surface area contributed by atoms with E-state index in [0.717, 1.165) is 25.4 Å². The lowest BCUT2D eigenvalue weighted by Crippen LogP contribution is -2.30. The molecule has 104 valence electrons. The number of ether oxygens (including phenoxy) is 1. The summed E-state index contributed by atoms with van der Waals surface area (Å²) in [6, 6.07) is 0. The van der Waals surface area contributed by atoms with Crippen molar-refractivity contribution in [3.8, 4) is 0 Å². The third-order valence-electron chi connectivity index (χ3n) is 4.21. The van der Waals surface area contributed by atoms with Crippen LogP contribution in [0.1, 0.15) is 51.4 Å². The summed E-state index contributed by atoms with van der Waals surface area (Å²) in [6.07, 6.45) is 9.30. The van der Waals surface area contributed by atoms with Gasteiger partial charge in [-0.05, 0) is 31.7 Å². The van der Waals surface area contributed by atoms with Crippen molar-refractivity contribution < 1.29 is 14.6 Å². The van der Waals surface area contributed by atoms with Crippen molar-refractivity contribution >= 4 is 5.97 Å². The number of nitrogens with one attached hydrogen (secondary N) is 1. The molecule has 2 N–H and O–H groups in total. The zero-order valence-electron chi connectivity index (χ0n) is 11.1. The van der Waals surface area contributed by atoms with Crippen LogP contribution in [0.5, 0.6) is 0 Å². The molecule has 1 saturated heterocycles. The van der Waals surface area contributed by atoms with E-state index in [4.69, 9.17) is 9.84 Å². The minimum Gasteiger partial charge on any atom is -0.479 e. The molecule has 1 saturated carbocycles.